The van der Waals surface area contributed by atoms with E-state index in [0.717, 1.165) is 19.4 Å². The Morgan fingerprint density at radius 1 is 0.762 bits per heavy atom. The molecular formula is C27H40N4O11. The molecule has 2 atom stereocenters. The lowest BCUT2D eigenvalue weighted by Crippen LogP contribution is -2.54. The predicted octanol–water partition coefficient (Wildman–Crippen LogP) is -0.277. The molecule has 15 nitrogen and oxygen atoms in total. The molecule has 0 aliphatic carbocycles. The number of Topliss-reactive ketones (excluding diaryl/α,β-unsaturated/α-hetero) is 1. The van der Waals surface area contributed by atoms with E-state index >= 15 is 0 Å². The Kier molecular flexibility index (Phi) is 20.5. The van der Waals surface area contributed by atoms with Gasteiger partial charge in [-0.1, -0.05) is 51.1 Å². The summed E-state index contributed by atoms with van der Waals surface area (Å²) in [6, 6.07) is 6.77. The lowest BCUT2D eigenvalue weighted by Gasteiger charge is -2.22. The Bertz CT molecular complexity index is 1060. The number of carbonyl (C=O) groups is 8. The number of carboxylic acids is 3. The van der Waals surface area contributed by atoms with Crippen molar-refractivity contribution in [3.8, 4) is 0 Å². The van der Waals surface area contributed by atoms with Crippen molar-refractivity contribution in [1.29, 1.82) is 0 Å². The number of hydrogen-bond acceptors (Lipinski definition) is 8. The zero-order valence-electron chi connectivity index (χ0n) is 24.3. The molecule has 0 saturated heterocycles. The standard InChI is InChI=1S/C22H30N4O7.C3H6O2.C2H4O2/c1-13(2)20(22(33)23-11-16(28)9-15-7-5-4-6-8-15)26-18(29)12-24-21(32)17(10-19(30)31)25-14(3)27;1-2-3(4)5;1-2(3)4/h4-8,13,17,20H,9-12H2,1-3H3,(H,23,33)(H,24,32)(H,25,27)(H,26,29)(H,30,31);2H2,1H3,(H,4,5);1H3,(H,3,4)/t17-,20?;;/m0../s1. The number of amides is 4. The van der Waals surface area contributed by atoms with E-state index in [2.05, 4.69) is 21.3 Å². The summed E-state index contributed by atoms with van der Waals surface area (Å²) < 4.78 is 0. The van der Waals surface area contributed by atoms with Gasteiger partial charge in [-0.05, 0) is 11.5 Å². The van der Waals surface area contributed by atoms with E-state index in [1.807, 2.05) is 18.2 Å². The summed E-state index contributed by atoms with van der Waals surface area (Å²) in [7, 11) is 0. The molecule has 0 aliphatic heterocycles. The molecule has 0 saturated carbocycles. The van der Waals surface area contributed by atoms with E-state index in [1.54, 1.807) is 32.9 Å². The van der Waals surface area contributed by atoms with Crippen molar-refractivity contribution in [3.63, 3.8) is 0 Å². The van der Waals surface area contributed by atoms with Crippen molar-refractivity contribution in [2.75, 3.05) is 13.1 Å². The first-order valence-corrected chi connectivity index (χ1v) is 12.8. The van der Waals surface area contributed by atoms with Crippen LogP contribution in [0.3, 0.4) is 0 Å². The molecule has 42 heavy (non-hydrogen) atoms. The van der Waals surface area contributed by atoms with Gasteiger partial charge < -0.3 is 36.6 Å². The van der Waals surface area contributed by atoms with Crippen molar-refractivity contribution in [2.45, 2.75) is 66.0 Å². The maximum Gasteiger partial charge on any atom is 0.305 e. The van der Waals surface area contributed by atoms with Gasteiger partial charge in [0.2, 0.25) is 23.6 Å². The monoisotopic (exact) mass is 596 g/mol. The fraction of sp³-hybridized carbons (Fsp3) is 0.481. The highest BCUT2D eigenvalue weighted by atomic mass is 16.4. The van der Waals surface area contributed by atoms with Crippen LogP contribution in [0, 0.1) is 5.92 Å². The van der Waals surface area contributed by atoms with Gasteiger partial charge in [-0.15, -0.1) is 0 Å². The Hall–Kier alpha value is -4.82. The van der Waals surface area contributed by atoms with Crippen molar-refractivity contribution in [1.82, 2.24) is 21.3 Å². The SMILES string of the molecule is CC(=O)N[C@@H](CC(=O)O)C(=O)NCC(=O)NC(C(=O)NCC(=O)Cc1ccccc1)C(C)C.CC(=O)O.CCC(=O)O. The molecule has 1 rings (SSSR count). The Morgan fingerprint density at radius 2 is 1.26 bits per heavy atom. The molecule has 15 heteroatoms. The van der Waals surface area contributed by atoms with Gasteiger partial charge in [-0.25, -0.2) is 0 Å². The lowest BCUT2D eigenvalue weighted by atomic mass is 10.0. The molecule has 0 radical (unpaired) electrons. The van der Waals surface area contributed by atoms with Gasteiger partial charge in [0.15, 0.2) is 5.78 Å². The number of hydrogen-bond donors (Lipinski definition) is 7. The van der Waals surface area contributed by atoms with Crippen LogP contribution >= 0.6 is 0 Å². The number of carbonyl (C=O) groups excluding carboxylic acids is 5. The molecule has 0 spiro atoms. The summed E-state index contributed by atoms with van der Waals surface area (Å²) >= 11 is 0. The van der Waals surface area contributed by atoms with Crippen molar-refractivity contribution < 1.29 is 53.7 Å². The molecule has 0 bridgehead atoms. The number of aliphatic carboxylic acids is 3. The number of rotatable bonds is 14. The first-order valence-electron chi connectivity index (χ1n) is 12.8. The van der Waals surface area contributed by atoms with Gasteiger partial charge in [-0.2, -0.15) is 0 Å². The molecule has 1 aromatic rings. The number of carboxylic acid groups (broad SMARTS) is 3. The minimum absolute atomic E-state index is 0.164. The van der Waals surface area contributed by atoms with Crippen LogP contribution in [0.2, 0.25) is 0 Å². The Morgan fingerprint density at radius 3 is 1.69 bits per heavy atom. The maximum absolute atomic E-state index is 12.5. The third kappa shape index (κ3) is 22.0. The van der Waals surface area contributed by atoms with E-state index < -0.39 is 66.6 Å². The first-order chi connectivity index (χ1) is 19.5. The average Bonchev–Trinajstić information content (AvgIpc) is 2.88. The molecule has 1 unspecified atom stereocenters. The quantitative estimate of drug-likeness (QED) is 0.147. The summed E-state index contributed by atoms with van der Waals surface area (Å²) in [4.78, 5) is 89.3. The van der Waals surface area contributed by atoms with Crippen LogP contribution in [0.1, 0.15) is 53.0 Å². The van der Waals surface area contributed by atoms with Crippen LogP contribution < -0.4 is 21.3 Å². The van der Waals surface area contributed by atoms with Crippen LogP contribution in [0.5, 0.6) is 0 Å². The minimum Gasteiger partial charge on any atom is -0.481 e. The van der Waals surface area contributed by atoms with Crippen LogP contribution in [0.15, 0.2) is 30.3 Å². The molecule has 0 aliphatic rings. The van der Waals surface area contributed by atoms with E-state index in [-0.39, 0.29) is 31.1 Å². The molecule has 1 aromatic carbocycles. The molecule has 0 fully saturated rings. The zero-order chi connectivity index (χ0) is 32.8. The summed E-state index contributed by atoms with van der Waals surface area (Å²) in [6.45, 7) is 6.49. The second-order valence-electron chi connectivity index (χ2n) is 9.04. The van der Waals surface area contributed by atoms with E-state index in [4.69, 9.17) is 20.1 Å². The van der Waals surface area contributed by atoms with Gasteiger partial charge >= 0.3 is 11.9 Å². The smallest absolute Gasteiger partial charge is 0.305 e. The average molecular weight is 597 g/mol. The van der Waals surface area contributed by atoms with Gasteiger partial charge in [0.05, 0.1) is 19.5 Å². The van der Waals surface area contributed by atoms with Crippen LogP contribution in [0.25, 0.3) is 0 Å². The lowest BCUT2D eigenvalue weighted by molar-refractivity contribution is -0.140. The molecular weight excluding hydrogens is 556 g/mol. The third-order valence-electron chi connectivity index (χ3n) is 4.77. The summed E-state index contributed by atoms with van der Waals surface area (Å²) in [5, 5.41) is 33.4. The molecule has 7 N–H and O–H groups in total. The van der Waals surface area contributed by atoms with Gasteiger partial charge in [-0.3, -0.25) is 38.4 Å². The number of ketones is 1. The van der Waals surface area contributed by atoms with Crippen molar-refractivity contribution in [3.05, 3.63) is 35.9 Å². The normalized spacial score (nSPS) is 11.1. The molecule has 234 valence electrons. The molecule has 0 aromatic heterocycles. The fourth-order valence-corrected chi connectivity index (χ4v) is 2.86. The summed E-state index contributed by atoms with van der Waals surface area (Å²) in [6.07, 6.45) is -0.265. The maximum atomic E-state index is 12.5. The van der Waals surface area contributed by atoms with Crippen molar-refractivity contribution in [2.24, 2.45) is 5.92 Å². The first kappa shape index (κ1) is 39.3. The van der Waals surface area contributed by atoms with Crippen LogP contribution in [0.4, 0.5) is 0 Å². The summed E-state index contributed by atoms with van der Waals surface area (Å²) in [5.41, 5.74) is 0.821. The highest BCUT2D eigenvalue weighted by Crippen LogP contribution is 2.03. The topological polar surface area (TPSA) is 245 Å². The molecule has 0 heterocycles. The zero-order valence-corrected chi connectivity index (χ0v) is 24.3. The van der Waals surface area contributed by atoms with Gasteiger partial charge in [0.1, 0.15) is 12.1 Å². The van der Waals surface area contributed by atoms with E-state index in [0.29, 0.717) is 0 Å². The predicted molar refractivity (Wildman–Crippen MR) is 149 cm³/mol. The number of benzene rings is 1. The second-order valence-corrected chi connectivity index (χ2v) is 9.04. The van der Waals surface area contributed by atoms with Crippen LogP contribution in [-0.4, -0.2) is 87.8 Å². The fourth-order valence-electron chi connectivity index (χ4n) is 2.86. The van der Waals surface area contributed by atoms with E-state index in [1.165, 1.54) is 0 Å². The molecule has 4 amide bonds. The van der Waals surface area contributed by atoms with Crippen molar-refractivity contribution >= 4 is 47.3 Å². The summed E-state index contributed by atoms with van der Waals surface area (Å²) in [5.74, 6) is -6.07. The Labute approximate surface area is 243 Å². The second kappa shape index (κ2) is 21.9. The largest absolute Gasteiger partial charge is 0.481 e. The highest BCUT2D eigenvalue weighted by Gasteiger charge is 2.26. The Balaban J connectivity index is 0. The third-order valence-corrected chi connectivity index (χ3v) is 4.77. The highest BCUT2D eigenvalue weighted by molar-refractivity contribution is 5.94. The van der Waals surface area contributed by atoms with Gasteiger partial charge in [0, 0.05) is 26.7 Å². The van der Waals surface area contributed by atoms with Crippen LogP contribution in [-0.2, 0) is 44.8 Å². The minimum atomic E-state index is -1.34. The number of nitrogens with one attached hydrogen (secondary N) is 4. The van der Waals surface area contributed by atoms with E-state index in [9.17, 15) is 33.6 Å². The van der Waals surface area contributed by atoms with Gasteiger partial charge in [0.25, 0.3) is 5.97 Å².